The largest absolute Gasteiger partial charge is 0.394 e. The van der Waals surface area contributed by atoms with E-state index in [4.69, 9.17) is 37.9 Å². The molecule has 0 aromatic carbocycles. The molecule has 9 fully saturated rings. The number of rotatable bonds is 10. The fourth-order valence-corrected chi connectivity index (χ4v) is 15.9. The molecule has 9 rings (SSSR count). The third-order valence-electron chi connectivity index (χ3n) is 18.8. The lowest BCUT2D eigenvalue weighted by molar-refractivity contribution is -0.387. The first-order chi connectivity index (χ1) is 30.5. The minimum absolute atomic E-state index is 0.0960. The molecule has 0 aromatic rings. The van der Waals surface area contributed by atoms with E-state index < -0.39 is 129 Å². The van der Waals surface area contributed by atoms with Gasteiger partial charge in [0, 0.05) is 24.2 Å². The Kier molecular flexibility index (Phi) is 12.9. The highest BCUT2D eigenvalue weighted by molar-refractivity contribution is 5.26. The molecule has 4 saturated carbocycles. The molecular formula is C47H76O18. The summed E-state index contributed by atoms with van der Waals surface area (Å²) in [6.45, 7) is 13.9. The highest BCUT2D eigenvalue weighted by Gasteiger charge is 2.81. The average molecular weight is 929 g/mol. The van der Waals surface area contributed by atoms with Crippen molar-refractivity contribution in [2.24, 2.45) is 45.3 Å². The second-order valence-electron chi connectivity index (χ2n) is 22.9. The molecule has 5 aliphatic heterocycles. The van der Waals surface area contributed by atoms with Crippen molar-refractivity contribution < 1.29 is 89.0 Å². The Morgan fingerprint density at radius 1 is 0.646 bits per heavy atom. The predicted molar refractivity (Wildman–Crippen MR) is 225 cm³/mol. The van der Waals surface area contributed by atoms with Crippen LogP contribution in [0.25, 0.3) is 0 Å². The van der Waals surface area contributed by atoms with Gasteiger partial charge in [0.1, 0.15) is 67.1 Å². The molecule has 5 heterocycles. The predicted octanol–water partition coefficient (Wildman–Crippen LogP) is -0.0333. The maximum Gasteiger partial charge on any atom is 0.187 e. The van der Waals surface area contributed by atoms with Gasteiger partial charge in [0.15, 0.2) is 24.7 Å². The van der Waals surface area contributed by atoms with Crippen molar-refractivity contribution in [1.82, 2.24) is 0 Å². The molecule has 10 N–H and O–H groups in total. The van der Waals surface area contributed by atoms with Crippen molar-refractivity contribution in [3.05, 3.63) is 11.6 Å². The van der Waals surface area contributed by atoms with Crippen LogP contribution >= 0.6 is 0 Å². The van der Waals surface area contributed by atoms with Crippen LogP contribution in [0.15, 0.2) is 11.6 Å². The highest BCUT2D eigenvalue weighted by atomic mass is 16.8. The molecular weight excluding hydrogens is 852 g/mol. The smallest absolute Gasteiger partial charge is 0.187 e. The Bertz CT molecular complexity index is 1760. The van der Waals surface area contributed by atoms with E-state index in [9.17, 15) is 51.1 Å². The van der Waals surface area contributed by atoms with Crippen LogP contribution in [-0.4, -0.2) is 187 Å². The van der Waals surface area contributed by atoms with Crippen LogP contribution in [0.2, 0.25) is 0 Å². The number of fused-ring (bicyclic) bond motifs is 4. The molecule has 0 unspecified atom stereocenters. The van der Waals surface area contributed by atoms with Crippen molar-refractivity contribution >= 4 is 0 Å². The van der Waals surface area contributed by atoms with Crippen LogP contribution < -0.4 is 0 Å². The Balaban J connectivity index is 0.991. The van der Waals surface area contributed by atoms with E-state index >= 15 is 0 Å². The summed E-state index contributed by atoms with van der Waals surface area (Å²) in [4.78, 5) is 0. The molecule has 65 heavy (non-hydrogen) atoms. The molecule has 9 aliphatic rings. The number of aliphatic hydroxyl groups excluding tert-OH is 9. The van der Waals surface area contributed by atoms with Gasteiger partial charge in [0.25, 0.3) is 0 Å². The van der Waals surface area contributed by atoms with E-state index in [1.165, 1.54) is 0 Å². The van der Waals surface area contributed by atoms with E-state index in [0.717, 1.165) is 44.1 Å². The lowest BCUT2D eigenvalue weighted by atomic mass is 9.35. The molecule has 2 bridgehead atoms. The fourth-order valence-electron chi connectivity index (χ4n) is 15.9. The Morgan fingerprint density at radius 3 is 1.86 bits per heavy atom. The summed E-state index contributed by atoms with van der Waals surface area (Å²) in [7, 11) is 0. The normalized spacial score (nSPS) is 56.9. The Hall–Kier alpha value is -0.980. The molecule has 4 aliphatic carbocycles. The monoisotopic (exact) mass is 929 g/mol. The van der Waals surface area contributed by atoms with E-state index in [2.05, 4.69) is 47.6 Å². The van der Waals surface area contributed by atoms with Crippen LogP contribution in [-0.2, 0) is 37.9 Å². The third-order valence-corrected chi connectivity index (χ3v) is 18.8. The van der Waals surface area contributed by atoms with Crippen molar-refractivity contribution in [2.45, 2.75) is 209 Å². The second kappa shape index (κ2) is 17.1. The summed E-state index contributed by atoms with van der Waals surface area (Å²) in [6, 6.07) is 0. The summed E-state index contributed by atoms with van der Waals surface area (Å²) < 4.78 is 50.9. The van der Waals surface area contributed by atoms with Crippen molar-refractivity contribution in [3.63, 3.8) is 0 Å². The summed E-state index contributed by atoms with van der Waals surface area (Å²) in [5.41, 5.74) is -0.668. The third kappa shape index (κ3) is 7.40. The standard InChI is InChI=1S/C47H76O18/c1-21(2)14-22-15-45(7,57)38-23-8-9-28-43(5)12-11-29(42(3,4)27(43)10-13-44(28,6)46(23)19-47(38,65-22)58-20-46)62-41-37(64-39-34(55)31(52)25(17-49)60-39)36(32(53)26(18-50)61-41)63-40-35(56)33(54)30(51)24(16-48)59-40/h14,22-41,48-57H,8-13,15-20H2,1-7H3/t22-,23+,24+,25-,26+,27-,28+,29-,30+,31-,32+,33-,34+,35+,36-,37+,38-,39-,40+,41-,43-,44+,45-,46-,47-/m0/s1. The van der Waals surface area contributed by atoms with Gasteiger partial charge in [-0.1, -0.05) is 39.3 Å². The first-order valence-corrected chi connectivity index (χ1v) is 24.1. The minimum Gasteiger partial charge on any atom is -0.394 e. The molecule has 18 nitrogen and oxygen atoms in total. The second-order valence-corrected chi connectivity index (χ2v) is 22.9. The van der Waals surface area contributed by atoms with Gasteiger partial charge in [0.2, 0.25) is 0 Å². The van der Waals surface area contributed by atoms with Crippen molar-refractivity contribution in [2.75, 3.05) is 26.4 Å². The molecule has 0 aromatic heterocycles. The number of allylic oxidation sites excluding steroid dienone is 1. The summed E-state index contributed by atoms with van der Waals surface area (Å²) in [5, 5.41) is 108. The van der Waals surface area contributed by atoms with Crippen molar-refractivity contribution in [1.29, 1.82) is 0 Å². The minimum atomic E-state index is -1.86. The van der Waals surface area contributed by atoms with Crippen molar-refractivity contribution in [3.8, 4) is 0 Å². The number of hydrogen-bond acceptors (Lipinski definition) is 18. The molecule has 5 saturated heterocycles. The summed E-state index contributed by atoms with van der Waals surface area (Å²) >= 11 is 0. The van der Waals surface area contributed by atoms with Gasteiger partial charge in [-0.15, -0.1) is 0 Å². The van der Waals surface area contributed by atoms with Gasteiger partial charge >= 0.3 is 0 Å². The first kappa shape index (κ1) is 49.0. The van der Waals surface area contributed by atoms with Gasteiger partial charge in [-0.05, 0) is 93.3 Å². The van der Waals surface area contributed by atoms with Crippen LogP contribution in [0.5, 0.6) is 0 Å². The van der Waals surface area contributed by atoms with Gasteiger partial charge in [-0.25, -0.2) is 0 Å². The molecule has 372 valence electrons. The Morgan fingerprint density at radius 2 is 1.23 bits per heavy atom. The van der Waals surface area contributed by atoms with Crippen LogP contribution in [0.1, 0.15) is 99.8 Å². The van der Waals surface area contributed by atoms with E-state index in [0.29, 0.717) is 25.4 Å². The van der Waals surface area contributed by atoms with Gasteiger partial charge < -0.3 is 89.0 Å². The maximum atomic E-state index is 12.2. The average Bonchev–Trinajstić information content (AvgIpc) is 3.86. The zero-order valence-corrected chi connectivity index (χ0v) is 38.8. The number of hydrogen-bond donors (Lipinski definition) is 10. The zero-order chi connectivity index (χ0) is 47.0. The topological polar surface area (TPSA) is 276 Å². The van der Waals surface area contributed by atoms with E-state index in [1.807, 2.05) is 6.92 Å². The van der Waals surface area contributed by atoms with E-state index in [-0.39, 0.29) is 40.1 Å². The Labute approximate surface area is 381 Å². The quantitative estimate of drug-likeness (QED) is 0.102. The molecule has 0 amide bonds. The zero-order valence-electron chi connectivity index (χ0n) is 38.8. The molecule has 25 atom stereocenters. The number of ether oxygens (including phenoxy) is 8. The van der Waals surface area contributed by atoms with Gasteiger partial charge in [0.05, 0.1) is 44.2 Å². The summed E-state index contributed by atoms with van der Waals surface area (Å²) in [5.74, 6) is -0.184. The molecule has 0 radical (unpaired) electrons. The molecule has 2 spiro atoms. The summed E-state index contributed by atoms with van der Waals surface area (Å²) in [6.07, 6.45) is -14.0. The van der Waals surface area contributed by atoms with Crippen LogP contribution in [0.3, 0.4) is 0 Å². The molecule has 18 heteroatoms. The van der Waals surface area contributed by atoms with Gasteiger partial charge in [-0.2, -0.15) is 0 Å². The fraction of sp³-hybridized carbons (Fsp3) is 0.957. The van der Waals surface area contributed by atoms with E-state index in [1.54, 1.807) is 0 Å². The number of aliphatic hydroxyl groups is 10. The highest BCUT2D eigenvalue weighted by Crippen LogP contribution is 2.80. The lowest BCUT2D eigenvalue weighted by Crippen LogP contribution is -2.68. The van der Waals surface area contributed by atoms with Crippen LogP contribution in [0, 0.1) is 45.3 Å². The van der Waals surface area contributed by atoms with Crippen LogP contribution in [0.4, 0.5) is 0 Å². The first-order valence-electron chi connectivity index (χ1n) is 24.1. The SMILES string of the molecule is CC(C)=C[C@H]1C[C@](C)(O)[C@@H]2[C@H]3CC[C@@H]4[C@@]5(C)CC[C@H](O[C@@H]6O[C@H](CO)[C@@H](O)[C@H](O[C@H]7O[C@H](CO)[C@@H](O)[C@H](O)[C@H]7O)[C@H]6O[C@@H]6O[C@@H](CO)[C@H](O)[C@H]6O)C(C)(C)[C@@H]5CC[C@@]4(C)[C@@]34CO[C@@]2(C4)O1. The lowest BCUT2D eigenvalue weighted by Gasteiger charge is -2.70. The van der Waals surface area contributed by atoms with Gasteiger partial charge in [-0.3, -0.25) is 0 Å². The maximum absolute atomic E-state index is 12.2.